The number of piperidine rings is 1. The van der Waals surface area contributed by atoms with E-state index in [1.807, 2.05) is 30.2 Å². The van der Waals surface area contributed by atoms with Gasteiger partial charge in [-0.3, -0.25) is 15.0 Å². The quantitative estimate of drug-likeness (QED) is 0.400. The lowest BCUT2D eigenvalue weighted by Crippen LogP contribution is -2.56. The summed E-state index contributed by atoms with van der Waals surface area (Å²) >= 11 is 0. The lowest BCUT2D eigenvalue weighted by molar-refractivity contribution is 0.0315. The Kier molecular flexibility index (Phi) is 7.98. The molecule has 6 nitrogen and oxygen atoms in total. The Morgan fingerprint density at radius 1 is 1.26 bits per heavy atom. The molecule has 2 aliphatic heterocycles. The molecule has 7 heteroatoms. The van der Waals surface area contributed by atoms with Gasteiger partial charge in [0.05, 0.1) is 31.7 Å². The van der Waals surface area contributed by atoms with Crippen LogP contribution < -0.4 is 9.64 Å². The Hall–Kier alpha value is -3.45. The second-order valence-electron chi connectivity index (χ2n) is 8.71. The first-order chi connectivity index (χ1) is 17.0. The number of likely N-dealkylation sites (N-methyl/N-ethyl adjacent to an activating group) is 1. The minimum absolute atomic E-state index is 0.103. The molecule has 0 bridgehead atoms. The van der Waals surface area contributed by atoms with Gasteiger partial charge in [-0.25, -0.2) is 9.40 Å². The van der Waals surface area contributed by atoms with Crippen LogP contribution in [0.15, 0.2) is 81.7 Å². The van der Waals surface area contributed by atoms with Crippen LogP contribution >= 0.6 is 0 Å². The number of benzene rings is 1. The fraction of sp³-hybridized carbons (Fsp3) is 0.357. The van der Waals surface area contributed by atoms with Crippen molar-refractivity contribution in [2.24, 2.45) is 9.98 Å². The number of hydrogen-bond acceptors (Lipinski definition) is 5. The summed E-state index contributed by atoms with van der Waals surface area (Å²) in [6.45, 7) is 3.54. The van der Waals surface area contributed by atoms with Gasteiger partial charge in [0.2, 0.25) is 0 Å². The van der Waals surface area contributed by atoms with E-state index >= 15 is 0 Å². The van der Waals surface area contributed by atoms with Gasteiger partial charge in [0, 0.05) is 26.8 Å². The van der Waals surface area contributed by atoms with Crippen LogP contribution in [0.5, 0.6) is 5.75 Å². The summed E-state index contributed by atoms with van der Waals surface area (Å²) < 4.78 is 19.4. The Balaban J connectivity index is 1.61. The number of fused-ring (bicyclic) bond motifs is 1. The van der Waals surface area contributed by atoms with Crippen molar-refractivity contribution in [1.82, 2.24) is 10.0 Å². The molecule has 0 N–H and O–H groups in total. The molecule has 0 radical (unpaired) electrons. The molecule has 2 heterocycles. The van der Waals surface area contributed by atoms with E-state index in [9.17, 15) is 4.39 Å². The molecular formula is C28H34FN5O. The Bertz CT molecular complexity index is 1130. The topological polar surface area (TPSA) is 43.7 Å². The minimum Gasteiger partial charge on any atom is -0.495 e. The van der Waals surface area contributed by atoms with Gasteiger partial charge in [0.1, 0.15) is 17.4 Å². The summed E-state index contributed by atoms with van der Waals surface area (Å²) in [6, 6.07) is 6.31. The van der Waals surface area contributed by atoms with Gasteiger partial charge in [-0.1, -0.05) is 24.3 Å². The fourth-order valence-corrected chi connectivity index (χ4v) is 4.74. The Morgan fingerprint density at radius 3 is 2.89 bits per heavy atom. The molecule has 1 atom stereocenters. The van der Waals surface area contributed by atoms with Crippen LogP contribution in [0.1, 0.15) is 31.7 Å². The third kappa shape index (κ3) is 5.46. The number of hydrazine groups is 1. The molecule has 0 saturated carbocycles. The third-order valence-electron chi connectivity index (χ3n) is 6.45. The normalized spacial score (nSPS) is 22.2. The molecule has 0 spiro atoms. The van der Waals surface area contributed by atoms with Gasteiger partial charge in [0.15, 0.2) is 0 Å². The largest absolute Gasteiger partial charge is 0.495 e. The van der Waals surface area contributed by atoms with Crippen molar-refractivity contribution >= 4 is 23.9 Å². The molecule has 1 aromatic carbocycles. The monoisotopic (exact) mass is 475 g/mol. The highest BCUT2D eigenvalue weighted by Gasteiger charge is 2.33. The van der Waals surface area contributed by atoms with Crippen LogP contribution in [-0.2, 0) is 0 Å². The summed E-state index contributed by atoms with van der Waals surface area (Å²) in [5.41, 5.74) is 4.32. The summed E-state index contributed by atoms with van der Waals surface area (Å²) in [5, 5.41) is 4.53. The van der Waals surface area contributed by atoms with Gasteiger partial charge >= 0.3 is 0 Å². The SMILES string of the molecule is C/C=C/N(C=NC)c1ccc(/C=C2\CCCN3C2=NCC(C2=CCC=C(F)C=C2)N3C)cc1OC. The van der Waals surface area contributed by atoms with Crippen LogP contribution in [-0.4, -0.2) is 62.5 Å². The molecule has 35 heavy (non-hydrogen) atoms. The Labute approximate surface area is 207 Å². The van der Waals surface area contributed by atoms with E-state index in [1.54, 1.807) is 32.6 Å². The molecule has 1 aromatic rings. The smallest absolute Gasteiger partial charge is 0.143 e. The van der Waals surface area contributed by atoms with Crippen LogP contribution in [0.2, 0.25) is 0 Å². The standard InChI is InChI=1S/C28H34FN5O/c1-5-15-33(20-30-2)25-14-11-21(18-27(25)35-4)17-23-9-7-16-34-28(23)31-19-26(32(34)3)22-8-6-10-24(29)13-12-22/h5,8,10-15,17-18,20,26H,6-7,9,16,19H2,1-4H3/b15-5+,23-17+,30-20?. The van der Waals surface area contributed by atoms with Gasteiger partial charge in [0.25, 0.3) is 0 Å². The maximum Gasteiger partial charge on any atom is 0.143 e. The molecule has 4 rings (SSSR count). The predicted octanol–water partition coefficient (Wildman–Crippen LogP) is 5.54. The molecule has 1 fully saturated rings. The summed E-state index contributed by atoms with van der Waals surface area (Å²) in [4.78, 5) is 11.1. The summed E-state index contributed by atoms with van der Waals surface area (Å²) in [7, 11) is 5.54. The van der Waals surface area contributed by atoms with Gasteiger partial charge < -0.3 is 9.64 Å². The average molecular weight is 476 g/mol. The number of halogens is 1. The van der Waals surface area contributed by atoms with Crippen molar-refractivity contribution < 1.29 is 9.13 Å². The van der Waals surface area contributed by atoms with E-state index < -0.39 is 0 Å². The summed E-state index contributed by atoms with van der Waals surface area (Å²) in [5.74, 6) is 1.62. The highest BCUT2D eigenvalue weighted by molar-refractivity contribution is 6.03. The first kappa shape index (κ1) is 24.7. The van der Waals surface area contributed by atoms with Crippen LogP contribution in [0.4, 0.5) is 10.1 Å². The van der Waals surface area contributed by atoms with Crippen LogP contribution in [0, 0.1) is 0 Å². The summed E-state index contributed by atoms with van der Waals surface area (Å²) in [6.07, 6.45) is 17.7. The van der Waals surface area contributed by atoms with Crippen molar-refractivity contribution in [3.63, 3.8) is 0 Å². The first-order valence-corrected chi connectivity index (χ1v) is 12.1. The van der Waals surface area contributed by atoms with Gasteiger partial charge in [-0.15, -0.1) is 0 Å². The van der Waals surface area contributed by atoms with Crippen LogP contribution in [0.25, 0.3) is 6.08 Å². The third-order valence-corrected chi connectivity index (χ3v) is 6.45. The average Bonchev–Trinajstić information content (AvgIpc) is 3.09. The van der Waals surface area contributed by atoms with E-state index in [0.717, 1.165) is 47.8 Å². The molecular weight excluding hydrogens is 441 g/mol. The number of aliphatic imine (C=N–C) groups is 2. The molecule has 0 aromatic heterocycles. The zero-order valence-electron chi connectivity index (χ0n) is 21.0. The maximum atomic E-state index is 13.7. The molecule has 3 aliphatic rings. The number of hydrogen-bond donors (Lipinski definition) is 0. The van der Waals surface area contributed by atoms with E-state index in [0.29, 0.717) is 13.0 Å². The second-order valence-corrected chi connectivity index (χ2v) is 8.71. The number of anilines is 1. The molecule has 1 aliphatic carbocycles. The minimum atomic E-state index is -0.181. The van der Waals surface area contributed by atoms with Crippen LogP contribution in [0.3, 0.4) is 0 Å². The molecule has 1 saturated heterocycles. The zero-order valence-corrected chi connectivity index (χ0v) is 21.0. The number of nitrogens with zero attached hydrogens (tertiary/aromatic N) is 5. The molecule has 1 unspecified atom stereocenters. The van der Waals surface area contributed by atoms with Crippen molar-refractivity contribution in [3.05, 3.63) is 77.3 Å². The lowest BCUT2D eigenvalue weighted by atomic mass is 9.98. The number of rotatable bonds is 6. The number of allylic oxidation sites excluding steroid dienone is 5. The van der Waals surface area contributed by atoms with Gasteiger partial charge in [-0.2, -0.15) is 0 Å². The van der Waals surface area contributed by atoms with E-state index in [2.05, 4.69) is 52.4 Å². The molecule has 0 amide bonds. The van der Waals surface area contributed by atoms with E-state index in [4.69, 9.17) is 9.73 Å². The Morgan fingerprint density at radius 2 is 2.11 bits per heavy atom. The van der Waals surface area contributed by atoms with Crippen molar-refractivity contribution in [3.8, 4) is 5.75 Å². The number of ether oxygens (including phenoxy) is 1. The zero-order chi connectivity index (χ0) is 24.8. The van der Waals surface area contributed by atoms with Crippen molar-refractivity contribution in [2.45, 2.75) is 32.2 Å². The number of methoxy groups -OCH3 is 1. The number of amidine groups is 1. The predicted molar refractivity (Wildman–Crippen MR) is 144 cm³/mol. The lowest BCUT2D eigenvalue weighted by Gasteiger charge is -2.45. The molecule has 184 valence electrons. The second kappa shape index (κ2) is 11.3. The van der Waals surface area contributed by atoms with Crippen molar-refractivity contribution in [2.75, 3.05) is 39.2 Å². The highest BCUT2D eigenvalue weighted by Crippen LogP contribution is 2.33. The van der Waals surface area contributed by atoms with Crippen molar-refractivity contribution in [1.29, 1.82) is 0 Å². The fourth-order valence-electron chi connectivity index (χ4n) is 4.74. The van der Waals surface area contributed by atoms with Gasteiger partial charge in [-0.05, 0) is 73.3 Å². The van der Waals surface area contributed by atoms with E-state index in [1.165, 1.54) is 5.57 Å². The van der Waals surface area contributed by atoms with E-state index in [-0.39, 0.29) is 11.9 Å². The highest BCUT2D eigenvalue weighted by atomic mass is 19.1. The maximum absolute atomic E-state index is 13.7. The first-order valence-electron chi connectivity index (χ1n) is 12.1.